The van der Waals surface area contributed by atoms with Crippen LogP contribution in [0.3, 0.4) is 0 Å². The van der Waals surface area contributed by atoms with Crippen molar-refractivity contribution in [1.29, 1.82) is 0 Å². The first-order chi connectivity index (χ1) is 14.8. The number of carbonyl (C=O) groups excluding carboxylic acids is 1. The number of nitrogens with zero attached hydrogens (tertiary/aromatic N) is 4. The van der Waals surface area contributed by atoms with Gasteiger partial charge in [-0.05, 0) is 31.2 Å². The lowest BCUT2D eigenvalue weighted by Crippen LogP contribution is -2.16. The van der Waals surface area contributed by atoms with Crippen LogP contribution in [0.25, 0.3) is 16.9 Å². The van der Waals surface area contributed by atoms with Crippen molar-refractivity contribution in [1.82, 2.24) is 19.5 Å². The van der Waals surface area contributed by atoms with Crippen molar-refractivity contribution in [3.63, 3.8) is 0 Å². The monoisotopic (exact) mass is 427 g/mol. The van der Waals surface area contributed by atoms with Crippen LogP contribution in [0.2, 0.25) is 0 Å². The van der Waals surface area contributed by atoms with E-state index in [4.69, 9.17) is 4.74 Å². The second-order valence-electron chi connectivity index (χ2n) is 6.70. The van der Waals surface area contributed by atoms with Gasteiger partial charge in [-0.25, -0.2) is 15.0 Å². The molecule has 1 amide bonds. The molecule has 2 aromatic heterocycles. The number of benzene rings is 2. The van der Waals surface area contributed by atoms with E-state index >= 15 is 0 Å². The Bertz CT molecular complexity index is 1250. The van der Waals surface area contributed by atoms with Crippen molar-refractivity contribution >= 4 is 22.8 Å². The van der Waals surface area contributed by atoms with Gasteiger partial charge < -0.3 is 10.1 Å². The number of hydrogen-bond donors (Lipinski definition) is 1. The number of hydrogen-bond acceptors (Lipinski definition) is 5. The number of amides is 1. The van der Waals surface area contributed by atoms with E-state index in [1.807, 2.05) is 6.92 Å². The molecular formula is C21H16F3N5O2. The maximum atomic E-state index is 13.6. The molecule has 0 unspecified atom stereocenters. The second kappa shape index (κ2) is 7.71. The average molecular weight is 427 g/mol. The number of aryl methyl sites for hydroxylation is 1. The molecule has 0 aliphatic heterocycles. The molecule has 0 fully saturated rings. The summed E-state index contributed by atoms with van der Waals surface area (Å²) in [5.74, 6) is -1.15. The van der Waals surface area contributed by atoms with Gasteiger partial charge in [0.1, 0.15) is 5.75 Å². The Morgan fingerprint density at radius 2 is 1.81 bits per heavy atom. The van der Waals surface area contributed by atoms with Crippen LogP contribution in [-0.4, -0.2) is 32.5 Å². The molecule has 0 spiro atoms. The summed E-state index contributed by atoms with van der Waals surface area (Å²) in [5.41, 5.74) is 1.72. The van der Waals surface area contributed by atoms with E-state index in [0.717, 1.165) is 16.3 Å². The lowest BCUT2D eigenvalue weighted by atomic mass is 10.1. The Morgan fingerprint density at radius 3 is 2.42 bits per heavy atom. The summed E-state index contributed by atoms with van der Waals surface area (Å²) in [7, 11) is 1.41. The van der Waals surface area contributed by atoms with E-state index in [1.54, 1.807) is 24.3 Å². The molecule has 0 aliphatic carbocycles. The summed E-state index contributed by atoms with van der Waals surface area (Å²) in [6, 6.07) is 11.3. The molecule has 4 aromatic rings. The molecule has 2 heterocycles. The maximum Gasteiger partial charge on any atom is 0.450 e. The summed E-state index contributed by atoms with van der Waals surface area (Å²) in [5, 5.41) is 2.57. The van der Waals surface area contributed by atoms with E-state index in [1.165, 1.54) is 31.5 Å². The van der Waals surface area contributed by atoms with Crippen molar-refractivity contribution in [3.8, 4) is 11.6 Å². The van der Waals surface area contributed by atoms with E-state index in [2.05, 4.69) is 20.3 Å². The smallest absolute Gasteiger partial charge is 0.450 e. The number of aromatic nitrogens is 4. The van der Waals surface area contributed by atoms with Crippen LogP contribution >= 0.6 is 0 Å². The lowest BCUT2D eigenvalue weighted by Gasteiger charge is -2.11. The highest BCUT2D eigenvalue weighted by Crippen LogP contribution is 2.34. The number of imidazole rings is 1. The third-order valence-electron chi connectivity index (χ3n) is 4.54. The van der Waals surface area contributed by atoms with Gasteiger partial charge in [-0.2, -0.15) is 13.2 Å². The Balaban J connectivity index is 1.68. The maximum absolute atomic E-state index is 13.6. The van der Waals surface area contributed by atoms with Crippen LogP contribution < -0.4 is 10.1 Å². The molecular weight excluding hydrogens is 411 g/mol. The van der Waals surface area contributed by atoms with Crippen molar-refractivity contribution in [2.75, 3.05) is 12.4 Å². The fourth-order valence-corrected chi connectivity index (χ4v) is 3.00. The minimum atomic E-state index is -4.72. The van der Waals surface area contributed by atoms with E-state index in [9.17, 15) is 18.0 Å². The van der Waals surface area contributed by atoms with Gasteiger partial charge in [0.2, 0.25) is 5.82 Å². The summed E-state index contributed by atoms with van der Waals surface area (Å²) < 4.78 is 46.7. The van der Waals surface area contributed by atoms with E-state index in [0.29, 0.717) is 11.3 Å². The zero-order chi connectivity index (χ0) is 22.2. The highest BCUT2D eigenvalue weighted by molar-refractivity contribution is 6.03. The number of nitrogens with one attached hydrogen (secondary N) is 1. The van der Waals surface area contributed by atoms with E-state index in [-0.39, 0.29) is 22.7 Å². The number of ether oxygens (including phenoxy) is 1. The van der Waals surface area contributed by atoms with Crippen LogP contribution in [0.4, 0.5) is 19.0 Å². The standard InChI is InChI=1S/C21H16F3N5O2/c1-12-3-5-13(6-4-12)19(30)28-17-10-26-18(11-25-17)29-16-8-7-14(31-2)9-15(16)27-20(29)21(22,23)24/h3-11H,1-2H3,(H,25,28,30). The van der Waals surface area contributed by atoms with Crippen molar-refractivity contribution in [2.45, 2.75) is 13.1 Å². The van der Waals surface area contributed by atoms with Crippen LogP contribution in [0.15, 0.2) is 54.9 Å². The molecule has 4 rings (SSSR count). The van der Waals surface area contributed by atoms with Crippen molar-refractivity contribution in [2.24, 2.45) is 0 Å². The largest absolute Gasteiger partial charge is 0.497 e. The summed E-state index contributed by atoms with van der Waals surface area (Å²) >= 11 is 0. The molecule has 0 saturated heterocycles. The molecule has 158 valence electrons. The zero-order valence-electron chi connectivity index (χ0n) is 16.4. The Hall–Kier alpha value is -3.95. The molecule has 10 heteroatoms. The third-order valence-corrected chi connectivity index (χ3v) is 4.54. The predicted molar refractivity (Wildman–Crippen MR) is 107 cm³/mol. The fourth-order valence-electron chi connectivity index (χ4n) is 3.00. The molecule has 0 radical (unpaired) electrons. The molecule has 1 N–H and O–H groups in total. The highest BCUT2D eigenvalue weighted by Gasteiger charge is 2.38. The first kappa shape index (κ1) is 20.3. The van der Waals surface area contributed by atoms with Crippen LogP contribution in [0, 0.1) is 6.92 Å². The Kier molecular flexibility index (Phi) is 5.05. The molecule has 31 heavy (non-hydrogen) atoms. The Morgan fingerprint density at radius 1 is 1.06 bits per heavy atom. The normalized spacial score (nSPS) is 11.5. The number of methoxy groups -OCH3 is 1. The van der Waals surface area contributed by atoms with Crippen LogP contribution in [0.1, 0.15) is 21.7 Å². The quantitative estimate of drug-likeness (QED) is 0.522. The molecule has 2 aromatic carbocycles. The molecule has 0 aliphatic rings. The number of alkyl halides is 3. The van der Waals surface area contributed by atoms with Gasteiger partial charge in [0, 0.05) is 11.6 Å². The summed E-state index contributed by atoms with van der Waals surface area (Å²) in [6.45, 7) is 1.90. The summed E-state index contributed by atoms with van der Waals surface area (Å²) in [4.78, 5) is 24.1. The van der Waals surface area contributed by atoms with Gasteiger partial charge in [-0.3, -0.25) is 9.36 Å². The van der Waals surface area contributed by atoms with Gasteiger partial charge >= 0.3 is 6.18 Å². The molecule has 0 bridgehead atoms. The van der Waals surface area contributed by atoms with Crippen LogP contribution in [0.5, 0.6) is 5.75 Å². The summed E-state index contributed by atoms with van der Waals surface area (Å²) in [6.07, 6.45) is -2.38. The van der Waals surface area contributed by atoms with Gasteiger partial charge in [0.05, 0.1) is 30.5 Å². The molecule has 0 atom stereocenters. The van der Waals surface area contributed by atoms with Gasteiger partial charge in [0.15, 0.2) is 11.6 Å². The number of halogens is 3. The van der Waals surface area contributed by atoms with Crippen LogP contribution in [-0.2, 0) is 6.18 Å². The minimum absolute atomic E-state index is 0.0895. The number of anilines is 1. The number of rotatable bonds is 4. The number of carbonyl (C=O) groups is 1. The van der Waals surface area contributed by atoms with Crippen molar-refractivity contribution < 1.29 is 22.7 Å². The first-order valence-electron chi connectivity index (χ1n) is 9.10. The predicted octanol–water partition coefficient (Wildman–Crippen LogP) is 4.40. The van der Waals surface area contributed by atoms with Crippen molar-refractivity contribution in [3.05, 3.63) is 71.8 Å². The van der Waals surface area contributed by atoms with Gasteiger partial charge in [-0.1, -0.05) is 17.7 Å². The number of fused-ring (bicyclic) bond motifs is 1. The lowest BCUT2D eigenvalue weighted by molar-refractivity contribution is -0.145. The topological polar surface area (TPSA) is 81.9 Å². The first-order valence-corrected chi connectivity index (χ1v) is 9.10. The minimum Gasteiger partial charge on any atom is -0.497 e. The average Bonchev–Trinajstić information content (AvgIpc) is 3.14. The van der Waals surface area contributed by atoms with Gasteiger partial charge in [0.25, 0.3) is 5.91 Å². The Labute approximate surface area is 174 Å². The SMILES string of the molecule is COc1ccc2c(c1)nc(C(F)(F)F)n2-c1cnc(NC(=O)c2ccc(C)cc2)cn1. The van der Waals surface area contributed by atoms with Gasteiger partial charge in [-0.15, -0.1) is 0 Å². The molecule has 7 nitrogen and oxygen atoms in total. The fraction of sp³-hybridized carbons (Fsp3) is 0.143. The van der Waals surface area contributed by atoms with E-state index < -0.39 is 17.9 Å². The molecule has 0 saturated carbocycles. The second-order valence-corrected chi connectivity index (χ2v) is 6.70. The highest BCUT2D eigenvalue weighted by atomic mass is 19.4. The third kappa shape index (κ3) is 4.04. The zero-order valence-corrected chi connectivity index (χ0v) is 16.4.